The van der Waals surface area contributed by atoms with Gasteiger partial charge in [-0.1, -0.05) is 158 Å². The van der Waals surface area contributed by atoms with E-state index in [1.165, 1.54) is 11.1 Å². The second-order valence-corrected chi connectivity index (χ2v) is 13.2. The monoisotopic (exact) mass is 693 g/mol. The lowest BCUT2D eigenvalue weighted by molar-refractivity contribution is 1.07. The Balaban J connectivity index is 1.07. The molecule has 0 aliphatic carbocycles. The van der Waals surface area contributed by atoms with Crippen LogP contribution in [0.2, 0.25) is 0 Å². The van der Waals surface area contributed by atoms with Gasteiger partial charge in [0.05, 0.1) is 34.7 Å². The Bertz CT molecular complexity index is 2820. The maximum Gasteiger partial charge on any atom is 0.137 e. The lowest BCUT2D eigenvalue weighted by Crippen LogP contribution is -2.00. The molecule has 0 radical (unpaired) electrons. The summed E-state index contributed by atoms with van der Waals surface area (Å²) < 4.78 is 2.13. The third-order valence-electron chi connectivity index (χ3n) is 9.82. The summed E-state index contributed by atoms with van der Waals surface area (Å²) in [4.78, 5) is 19.8. The van der Waals surface area contributed by atoms with Crippen molar-refractivity contribution in [3.05, 3.63) is 205 Å². The Kier molecular flexibility index (Phi) is 8.71. The molecule has 0 aliphatic heterocycles. The average Bonchev–Trinajstić information content (AvgIpc) is 3.65. The van der Waals surface area contributed by atoms with E-state index in [9.17, 15) is 0 Å². The van der Waals surface area contributed by atoms with Gasteiger partial charge in [-0.05, 0) is 64.4 Å². The molecule has 54 heavy (non-hydrogen) atoms. The first kappa shape index (κ1) is 32.7. The van der Waals surface area contributed by atoms with E-state index in [1.54, 1.807) is 0 Å². The summed E-state index contributed by atoms with van der Waals surface area (Å²) in [6, 6.07) is 60.6. The highest BCUT2D eigenvalue weighted by atomic mass is 15.0. The first-order valence-corrected chi connectivity index (χ1v) is 18.0. The number of benzene rings is 6. The molecule has 0 N–H and O–H groups in total. The highest BCUT2D eigenvalue weighted by molar-refractivity contribution is 6.12. The van der Waals surface area contributed by atoms with Crippen molar-refractivity contribution in [2.24, 2.45) is 9.98 Å². The number of aliphatic imine (C=N–C) groups is 2. The summed E-state index contributed by atoms with van der Waals surface area (Å²) in [6.45, 7) is 4.43. The lowest BCUT2D eigenvalue weighted by atomic mass is 10.00. The molecule has 0 spiro atoms. The quantitative estimate of drug-likeness (QED) is 0.141. The van der Waals surface area contributed by atoms with E-state index < -0.39 is 0 Å². The summed E-state index contributed by atoms with van der Waals surface area (Å²) in [5, 5.41) is 1.05. The summed E-state index contributed by atoms with van der Waals surface area (Å²) in [5.41, 5.74) is 15.0. The molecule has 0 aliphatic rings. The molecular formula is C49H35N5. The van der Waals surface area contributed by atoms with Gasteiger partial charge in [0.1, 0.15) is 11.2 Å². The molecule has 5 heteroatoms. The average molecular weight is 694 g/mol. The van der Waals surface area contributed by atoms with Crippen LogP contribution in [0.25, 0.3) is 66.8 Å². The SMILES string of the molecule is C=N/C(=C\C(=NCc1ccc(-c2nc3ccccc3c3nc4ccccn4c23)cc1)c1ccc(-c2ccccc2)cc1)c1ccc(-c2ccccc2)cc1. The van der Waals surface area contributed by atoms with Crippen molar-refractivity contribution in [1.29, 1.82) is 0 Å². The van der Waals surface area contributed by atoms with Crippen molar-refractivity contribution >= 4 is 45.7 Å². The molecule has 3 heterocycles. The predicted octanol–water partition coefficient (Wildman–Crippen LogP) is 11.8. The smallest absolute Gasteiger partial charge is 0.137 e. The van der Waals surface area contributed by atoms with Crippen LogP contribution in [0.15, 0.2) is 198 Å². The van der Waals surface area contributed by atoms with Crippen molar-refractivity contribution in [1.82, 2.24) is 14.4 Å². The van der Waals surface area contributed by atoms with Gasteiger partial charge in [0.2, 0.25) is 0 Å². The molecule has 0 saturated carbocycles. The van der Waals surface area contributed by atoms with Crippen molar-refractivity contribution in [2.45, 2.75) is 6.54 Å². The van der Waals surface area contributed by atoms with E-state index in [2.05, 4.69) is 156 Å². The molecule has 9 rings (SSSR count). The highest BCUT2D eigenvalue weighted by Gasteiger charge is 2.16. The van der Waals surface area contributed by atoms with Crippen LogP contribution in [0.4, 0.5) is 0 Å². The van der Waals surface area contributed by atoms with Crippen LogP contribution in [0.5, 0.6) is 0 Å². The van der Waals surface area contributed by atoms with Crippen molar-refractivity contribution in [3.8, 4) is 33.5 Å². The van der Waals surface area contributed by atoms with Gasteiger partial charge in [-0.15, -0.1) is 0 Å². The molecule has 256 valence electrons. The molecule has 0 fully saturated rings. The Morgan fingerprint density at radius 2 is 1.13 bits per heavy atom. The minimum atomic E-state index is 0.486. The molecule has 6 aromatic carbocycles. The number of imidazole rings is 1. The van der Waals surface area contributed by atoms with Gasteiger partial charge in [0.25, 0.3) is 0 Å². The van der Waals surface area contributed by atoms with E-state index in [4.69, 9.17) is 15.0 Å². The van der Waals surface area contributed by atoms with Crippen molar-refractivity contribution in [3.63, 3.8) is 0 Å². The molecule has 9 aromatic rings. The number of allylic oxidation sites excluding steroid dienone is 1. The van der Waals surface area contributed by atoms with E-state index in [0.29, 0.717) is 6.54 Å². The number of pyridine rings is 2. The van der Waals surface area contributed by atoms with Crippen LogP contribution in [0.3, 0.4) is 0 Å². The normalized spacial score (nSPS) is 12.1. The summed E-state index contributed by atoms with van der Waals surface area (Å²) in [7, 11) is 0. The number of fused-ring (bicyclic) bond motifs is 5. The predicted molar refractivity (Wildman–Crippen MR) is 225 cm³/mol. The third kappa shape index (κ3) is 6.40. The van der Waals surface area contributed by atoms with E-state index in [1.807, 2.05) is 48.5 Å². The Morgan fingerprint density at radius 3 is 1.80 bits per heavy atom. The van der Waals surface area contributed by atoms with Crippen LogP contribution in [0.1, 0.15) is 16.7 Å². The minimum absolute atomic E-state index is 0.486. The zero-order valence-electron chi connectivity index (χ0n) is 29.5. The van der Waals surface area contributed by atoms with Gasteiger partial charge in [0.15, 0.2) is 0 Å². The van der Waals surface area contributed by atoms with Crippen LogP contribution in [-0.4, -0.2) is 26.8 Å². The molecule has 3 aromatic heterocycles. The van der Waals surface area contributed by atoms with Gasteiger partial charge in [-0.25, -0.2) is 9.97 Å². The van der Waals surface area contributed by atoms with Crippen LogP contribution in [-0.2, 0) is 6.54 Å². The Labute approximate surface area is 314 Å². The van der Waals surface area contributed by atoms with E-state index >= 15 is 0 Å². The fourth-order valence-electron chi connectivity index (χ4n) is 7.00. The zero-order chi connectivity index (χ0) is 36.3. The van der Waals surface area contributed by atoms with Crippen molar-refractivity contribution in [2.75, 3.05) is 0 Å². The maximum absolute atomic E-state index is 5.19. The summed E-state index contributed by atoms with van der Waals surface area (Å²) in [5.74, 6) is 0. The number of aromatic nitrogens is 3. The molecule has 0 atom stereocenters. The molecule has 0 saturated heterocycles. The Hall–Kier alpha value is -7.24. The second-order valence-electron chi connectivity index (χ2n) is 13.2. The van der Waals surface area contributed by atoms with Crippen molar-refractivity contribution < 1.29 is 0 Å². The van der Waals surface area contributed by atoms with Crippen LogP contribution < -0.4 is 0 Å². The van der Waals surface area contributed by atoms with Crippen LogP contribution in [0, 0.1) is 0 Å². The van der Waals surface area contributed by atoms with Gasteiger partial charge in [-0.3, -0.25) is 14.4 Å². The second kappa shape index (κ2) is 14.4. The fraction of sp³-hybridized carbons (Fsp3) is 0.0204. The Morgan fingerprint density at radius 1 is 0.556 bits per heavy atom. The summed E-state index contributed by atoms with van der Waals surface area (Å²) >= 11 is 0. The van der Waals surface area contributed by atoms with Gasteiger partial charge in [0, 0.05) is 22.7 Å². The van der Waals surface area contributed by atoms with Gasteiger partial charge >= 0.3 is 0 Å². The molecule has 0 amide bonds. The van der Waals surface area contributed by atoms with Crippen LogP contribution >= 0.6 is 0 Å². The first-order chi connectivity index (χ1) is 26.7. The van der Waals surface area contributed by atoms with Gasteiger partial charge in [-0.2, -0.15) is 0 Å². The summed E-state index contributed by atoms with van der Waals surface area (Å²) in [6.07, 6.45) is 4.09. The van der Waals surface area contributed by atoms with E-state index in [-0.39, 0.29) is 0 Å². The largest absolute Gasteiger partial charge is 0.298 e. The standard InChI is InChI=1S/C49H35N5/c1-50-44(39-27-23-37(24-28-39)35-12-4-2-5-13-35)32-45(40-29-25-38(26-30-40)36-14-6-3-7-15-36)51-33-34-19-21-41(22-20-34)47-49-48(42-16-8-9-17-43(42)52-47)53-46-18-10-11-31-54(46)49/h2-32H,1,33H2/b44-32-,51-45?. The molecule has 0 unspecified atom stereocenters. The lowest BCUT2D eigenvalue weighted by Gasteiger charge is -2.10. The number of rotatable bonds is 9. The maximum atomic E-state index is 5.19. The third-order valence-corrected chi connectivity index (χ3v) is 9.82. The molecular weight excluding hydrogens is 659 g/mol. The number of hydrogen-bond acceptors (Lipinski definition) is 4. The fourth-order valence-corrected chi connectivity index (χ4v) is 7.00. The number of para-hydroxylation sites is 1. The topological polar surface area (TPSA) is 54.9 Å². The highest BCUT2D eigenvalue weighted by Crippen LogP contribution is 2.33. The zero-order valence-corrected chi connectivity index (χ0v) is 29.5. The minimum Gasteiger partial charge on any atom is -0.298 e. The number of nitrogens with zero attached hydrogens (tertiary/aromatic N) is 5. The first-order valence-electron chi connectivity index (χ1n) is 18.0. The molecule has 0 bridgehead atoms. The van der Waals surface area contributed by atoms with E-state index in [0.717, 1.165) is 78.1 Å². The molecule has 5 nitrogen and oxygen atoms in total. The number of hydrogen-bond donors (Lipinski definition) is 0. The van der Waals surface area contributed by atoms with Gasteiger partial charge < -0.3 is 0 Å².